The molecule has 0 aromatic rings. The second kappa shape index (κ2) is 11.7. The van der Waals surface area contributed by atoms with E-state index in [1.54, 1.807) is 12.0 Å². The number of nitrogens with zero attached hydrogens (tertiary/aromatic N) is 1. The van der Waals surface area contributed by atoms with Crippen molar-refractivity contribution in [2.24, 2.45) is 17.3 Å². The van der Waals surface area contributed by atoms with E-state index in [4.69, 9.17) is 4.74 Å². The topological polar surface area (TPSA) is 82.7 Å². The molecule has 2 aliphatic heterocycles. The van der Waals surface area contributed by atoms with Gasteiger partial charge in [0.05, 0.1) is 12.5 Å². The molecular weight excluding hydrogens is 368 g/mol. The Labute approximate surface area is 169 Å². The number of piperidine rings is 2. The van der Waals surface area contributed by atoms with E-state index >= 15 is 0 Å². The zero-order valence-electron chi connectivity index (χ0n) is 17.0. The minimum atomic E-state index is -0.116. The first-order chi connectivity index (χ1) is 12.5. The van der Waals surface area contributed by atoms with Crippen LogP contribution in [0.15, 0.2) is 0 Å². The molecule has 2 rings (SSSR count). The number of methoxy groups -OCH3 is 1. The van der Waals surface area contributed by atoms with Crippen molar-refractivity contribution < 1.29 is 14.3 Å². The van der Waals surface area contributed by atoms with Crippen molar-refractivity contribution in [3.05, 3.63) is 0 Å². The van der Waals surface area contributed by atoms with E-state index in [2.05, 4.69) is 29.8 Å². The van der Waals surface area contributed by atoms with Gasteiger partial charge in [-0.15, -0.1) is 12.4 Å². The Bertz CT molecular complexity index is 464. The lowest BCUT2D eigenvalue weighted by Gasteiger charge is -2.38. The summed E-state index contributed by atoms with van der Waals surface area (Å²) in [6.45, 7) is 9.30. The summed E-state index contributed by atoms with van der Waals surface area (Å²) < 4.78 is 5.42. The highest BCUT2D eigenvalue weighted by molar-refractivity contribution is 5.85. The number of halogens is 1. The molecule has 0 bridgehead atoms. The van der Waals surface area contributed by atoms with E-state index in [0.717, 1.165) is 45.3 Å². The zero-order chi connectivity index (χ0) is 19.0. The lowest BCUT2D eigenvalue weighted by molar-refractivity contribution is -0.127. The van der Waals surface area contributed by atoms with Gasteiger partial charge >= 0.3 is 6.03 Å². The van der Waals surface area contributed by atoms with Gasteiger partial charge in [0.1, 0.15) is 0 Å². The third-order valence-corrected chi connectivity index (χ3v) is 5.49. The predicted octanol–water partition coefficient (Wildman–Crippen LogP) is 1.62. The highest BCUT2D eigenvalue weighted by Gasteiger charge is 2.34. The van der Waals surface area contributed by atoms with Gasteiger partial charge in [-0.1, -0.05) is 13.8 Å². The van der Waals surface area contributed by atoms with Crippen LogP contribution in [0.25, 0.3) is 0 Å². The Balaban J connectivity index is 0.00000364. The highest BCUT2D eigenvalue weighted by atomic mass is 35.5. The minimum absolute atomic E-state index is 0. The second-order valence-electron chi connectivity index (χ2n) is 8.27. The number of hydrogen-bond donors (Lipinski definition) is 3. The molecule has 3 N–H and O–H groups in total. The van der Waals surface area contributed by atoms with E-state index in [1.807, 2.05) is 0 Å². The maximum atomic E-state index is 12.7. The molecule has 0 aromatic heterocycles. The van der Waals surface area contributed by atoms with Gasteiger partial charge in [0.15, 0.2) is 0 Å². The molecule has 0 radical (unpaired) electrons. The fourth-order valence-corrected chi connectivity index (χ4v) is 3.83. The van der Waals surface area contributed by atoms with Crippen LogP contribution in [0, 0.1) is 17.3 Å². The number of hydrogen-bond acceptors (Lipinski definition) is 4. The van der Waals surface area contributed by atoms with Crippen LogP contribution in [-0.4, -0.2) is 69.8 Å². The lowest BCUT2D eigenvalue weighted by Crippen LogP contribution is -2.52. The quantitative estimate of drug-likeness (QED) is 0.602. The molecule has 7 nitrogen and oxygen atoms in total. The summed E-state index contributed by atoms with van der Waals surface area (Å²) in [7, 11) is 1.72. The van der Waals surface area contributed by atoms with Gasteiger partial charge < -0.3 is 25.6 Å². The standard InChI is InChI=1S/C19H36N4O3.ClH/c1-15(2)11-21-18(25)23-10-4-5-16(12-23)17(24)22-13-19(14-26-3)6-8-20-9-7-19;/h15-16,20H,4-14H2,1-3H3,(H,21,25)(H,22,24);1H. The van der Waals surface area contributed by atoms with Crippen LogP contribution >= 0.6 is 12.4 Å². The molecular formula is C19H37ClN4O3. The Morgan fingerprint density at radius 3 is 2.59 bits per heavy atom. The number of amides is 3. The minimum Gasteiger partial charge on any atom is -0.384 e. The molecule has 27 heavy (non-hydrogen) atoms. The Kier molecular flexibility index (Phi) is 10.4. The van der Waals surface area contributed by atoms with Crippen LogP contribution < -0.4 is 16.0 Å². The van der Waals surface area contributed by atoms with Crippen LogP contribution in [-0.2, 0) is 9.53 Å². The summed E-state index contributed by atoms with van der Waals surface area (Å²) in [5, 5.41) is 9.47. The van der Waals surface area contributed by atoms with Crippen molar-refractivity contribution in [3.63, 3.8) is 0 Å². The van der Waals surface area contributed by atoms with Gasteiger partial charge in [-0.3, -0.25) is 4.79 Å². The fraction of sp³-hybridized carbons (Fsp3) is 0.895. The fourth-order valence-electron chi connectivity index (χ4n) is 3.83. The van der Waals surface area contributed by atoms with E-state index in [-0.39, 0.29) is 35.7 Å². The SMILES string of the molecule is COCC1(CNC(=O)C2CCCN(C(=O)NCC(C)C)C2)CCNCC1.Cl. The maximum Gasteiger partial charge on any atom is 0.317 e. The van der Waals surface area contributed by atoms with Crippen LogP contribution in [0.4, 0.5) is 4.79 Å². The molecule has 8 heteroatoms. The molecule has 1 atom stereocenters. The van der Waals surface area contributed by atoms with Crippen molar-refractivity contribution >= 4 is 24.3 Å². The third-order valence-electron chi connectivity index (χ3n) is 5.49. The molecule has 0 saturated carbocycles. The van der Waals surface area contributed by atoms with E-state index < -0.39 is 0 Å². The summed E-state index contributed by atoms with van der Waals surface area (Å²) in [5.41, 5.74) is 0.0264. The highest BCUT2D eigenvalue weighted by Crippen LogP contribution is 2.28. The third kappa shape index (κ3) is 7.47. The van der Waals surface area contributed by atoms with E-state index in [9.17, 15) is 9.59 Å². The van der Waals surface area contributed by atoms with Gasteiger partial charge in [0.2, 0.25) is 5.91 Å². The average molecular weight is 405 g/mol. The zero-order valence-corrected chi connectivity index (χ0v) is 17.8. The van der Waals surface area contributed by atoms with E-state index in [1.165, 1.54) is 0 Å². The molecule has 0 aromatic carbocycles. The molecule has 2 aliphatic rings. The molecule has 1 unspecified atom stereocenters. The van der Waals surface area contributed by atoms with Crippen molar-refractivity contribution in [2.45, 2.75) is 39.5 Å². The number of carbonyl (C=O) groups is 2. The number of rotatable bonds is 7. The number of likely N-dealkylation sites (tertiary alicyclic amines) is 1. The first-order valence-corrected chi connectivity index (χ1v) is 9.96. The first kappa shape index (κ1) is 24.0. The molecule has 2 heterocycles. The number of ether oxygens (including phenoxy) is 1. The monoisotopic (exact) mass is 404 g/mol. The molecule has 3 amide bonds. The number of carbonyl (C=O) groups excluding carboxylic acids is 2. The van der Waals surface area contributed by atoms with Gasteiger partial charge in [-0.2, -0.15) is 0 Å². The van der Waals surface area contributed by atoms with Crippen molar-refractivity contribution in [2.75, 3.05) is 53.0 Å². The van der Waals surface area contributed by atoms with Crippen LogP contribution in [0.2, 0.25) is 0 Å². The van der Waals surface area contributed by atoms with Crippen LogP contribution in [0.1, 0.15) is 39.5 Å². The Hall–Kier alpha value is -1.05. The van der Waals surface area contributed by atoms with Crippen LogP contribution in [0.3, 0.4) is 0 Å². The smallest absolute Gasteiger partial charge is 0.317 e. The van der Waals surface area contributed by atoms with Gasteiger partial charge in [-0.25, -0.2) is 4.79 Å². The summed E-state index contributed by atoms with van der Waals surface area (Å²) in [5.74, 6) is 0.375. The lowest BCUT2D eigenvalue weighted by atomic mass is 9.79. The number of nitrogens with one attached hydrogen (secondary N) is 3. The number of urea groups is 1. The normalized spacial score (nSPS) is 22.1. The summed E-state index contributed by atoms with van der Waals surface area (Å²) >= 11 is 0. The summed E-state index contributed by atoms with van der Waals surface area (Å²) in [6, 6.07) is -0.0505. The van der Waals surface area contributed by atoms with Gasteiger partial charge in [0, 0.05) is 38.7 Å². The molecule has 2 fully saturated rings. The summed E-state index contributed by atoms with van der Waals surface area (Å²) in [6.07, 6.45) is 3.74. The Morgan fingerprint density at radius 2 is 1.96 bits per heavy atom. The maximum absolute atomic E-state index is 12.7. The first-order valence-electron chi connectivity index (χ1n) is 9.96. The van der Waals surface area contributed by atoms with Crippen molar-refractivity contribution in [1.29, 1.82) is 0 Å². The average Bonchev–Trinajstić information content (AvgIpc) is 2.65. The van der Waals surface area contributed by atoms with Crippen molar-refractivity contribution in [1.82, 2.24) is 20.9 Å². The van der Waals surface area contributed by atoms with E-state index in [0.29, 0.717) is 32.2 Å². The predicted molar refractivity (Wildman–Crippen MR) is 109 cm³/mol. The largest absolute Gasteiger partial charge is 0.384 e. The van der Waals surface area contributed by atoms with Gasteiger partial charge in [-0.05, 0) is 44.7 Å². The summed E-state index contributed by atoms with van der Waals surface area (Å²) in [4.78, 5) is 26.8. The van der Waals surface area contributed by atoms with Crippen LogP contribution in [0.5, 0.6) is 0 Å². The molecule has 2 saturated heterocycles. The molecule has 0 aliphatic carbocycles. The Morgan fingerprint density at radius 1 is 1.26 bits per heavy atom. The molecule has 0 spiro atoms. The second-order valence-corrected chi connectivity index (χ2v) is 8.27. The van der Waals surface area contributed by atoms with Crippen molar-refractivity contribution in [3.8, 4) is 0 Å². The van der Waals surface area contributed by atoms with Gasteiger partial charge in [0.25, 0.3) is 0 Å². The molecule has 158 valence electrons.